The van der Waals surface area contributed by atoms with E-state index in [9.17, 15) is 4.79 Å². The third-order valence-corrected chi connectivity index (χ3v) is 6.00. The van der Waals surface area contributed by atoms with Gasteiger partial charge in [-0.1, -0.05) is 42.5 Å². The zero-order valence-corrected chi connectivity index (χ0v) is 14.7. The number of thiophene rings is 1. The molecule has 0 fully saturated rings. The normalized spacial score (nSPS) is 17.1. The highest BCUT2D eigenvalue weighted by atomic mass is 32.1. The standard InChI is InChI=1S/C19H21N3OS/c1-13-9-10-15-16(12-13)24-18-17(15)19(23)22(21-20-18)11-5-8-14-6-3-2-4-7-14/h2-4,6-7,13H,5,8-12H2,1H3. The monoisotopic (exact) mass is 339 g/mol. The fourth-order valence-electron chi connectivity index (χ4n) is 3.52. The lowest BCUT2D eigenvalue weighted by Crippen LogP contribution is -2.25. The minimum Gasteiger partial charge on any atom is -0.267 e. The Kier molecular flexibility index (Phi) is 4.19. The van der Waals surface area contributed by atoms with Crippen molar-refractivity contribution in [3.05, 3.63) is 56.7 Å². The van der Waals surface area contributed by atoms with E-state index in [1.807, 2.05) is 18.2 Å². The molecule has 2 aromatic heterocycles. The molecule has 0 amide bonds. The van der Waals surface area contributed by atoms with Crippen LogP contribution in [0.3, 0.4) is 0 Å². The Morgan fingerprint density at radius 2 is 2.12 bits per heavy atom. The third-order valence-electron chi connectivity index (χ3n) is 4.86. The zero-order valence-electron chi connectivity index (χ0n) is 13.9. The molecular weight excluding hydrogens is 318 g/mol. The molecule has 2 heterocycles. The van der Waals surface area contributed by atoms with Crippen LogP contribution in [0.5, 0.6) is 0 Å². The molecule has 0 spiro atoms. The highest BCUT2D eigenvalue weighted by Gasteiger charge is 2.23. The van der Waals surface area contributed by atoms with Crippen LogP contribution in [-0.4, -0.2) is 15.0 Å². The topological polar surface area (TPSA) is 47.8 Å². The van der Waals surface area contributed by atoms with Crippen LogP contribution in [0.2, 0.25) is 0 Å². The second kappa shape index (κ2) is 6.48. The average molecular weight is 339 g/mol. The number of hydrogen-bond acceptors (Lipinski definition) is 4. The van der Waals surface area contributed by atoms with Crippen LogP contribution in [0.1, 0.15) is 35.8 Å². The second-order valence-corrected chi connectivity index (χ2v) is 7.82. The summed E-state index contributed by atoms with van der Waals surface area (Å²) < 4.78 is 1.55. The smallest absolute Gasteiger partial charge is 0.267 e. The first kappa shape index (κ1) is 15.5. The van der Waals surface area contributed by atoms with E-state index in [1.165, 1.54) is 16.0 Å². The summed E-state index contributed by atoms with van der Waals surface area (Å²) in [5, 5.41) is 9.32. The fourth-order valence-corrected chi connectivity index (χ4v) is 4.83. The average Bonchev–Trinajstić information content (AvgIpc) is 2.96. The molecule has 3 aromatic rings. The van der Waals surface area contributed by atoms with Crippen LogP contribution in [0.25, 0.3) is 10.2 Å². The van der Waals surface area contributed by atoms with Gasteiger partial charge < -0.3 is 0 Å². The van der Waals surface area contributed by atoms with Gasteiger partial charge in [-0.3, -0.25) is 4.79 Å². The van der Waals surface area contributed by atoms with Gasteiger partial charge in [0.1, 0.15) is 0 Å². The summed E-state index contributed by atoms with van der Waals surface area (Å²) in [5.74, 6) is 0.701. The maximum absolute atomic E-state index is 12.9. The SMILES string of the molecule is CC1CCc2c(sc3nnn(CCCc4ccccc4)c(=O)c23)C1. The second-order valence-electron chi connectivity index (χ2n) is 6.74. The maximum atomic E-state index is 12.9. The van der Waals surface area contributed by atoms with Crippen LogP contribution >= 0.6 is 11.3 Å². The molecule has 0 bridgehead atoms. The van der Waals surface area contributed by atoms with Gasteiger partial charge in [0.2, 0.25) is 0 Å². The van der Waals surface area contributed by atoms with Gasteiger partial charge in [-0.2, -0.15) is 0 Å². The van der Waals surface area contributed by atoms with Gasteiger partial charge in [-0.15, -0.1) is 16.4 Å². The molecule has 24 heavy (non-hydrogen) atoms. The molecule has 1 aliphatic rings. The van der Waals surface area contributed by atoms with E-state index in [-0.39, 0.29) is 5.56 Å². The molecule has 0 saturated heterocycles. The molecule has 1 atom stereocenters. The van der Waals surface area contributed by atoms with Crippen LogP contribution in [0.4, 0.5) is 0 Å². The summed E-state index contributed by atoms with van der Waals surface area (Å²) in [6.07, 6.45) is 5.08. The first-order valence-corrected chi connectivity index (χ1v) is 9.46. The van der Waals surface area contributed by atoms with Gasteiger partial charge in [0.25, 0.3) is 5.56 Å². The number of rotatable bonds is 4. The maximum Gasteiger partial charge on any atom is 0.278 e. The summed E-state index contributed by atoms with van der Waals surface area (Å²) in [7, 11) is 0. The minimum atomic E-state index is 0.0418. The van der Waals surface area contributed by atoms with Crippen LogP contribution in [0, 0.1) is 5.92 Å². The highest BCUT2D eigenvalue weighted by Crippen LogP contribution is 2.35. The molecule has 0 aliphatic heterocycles. The van der Waals surface area contributed by atoms with Gasteiger partial charge >= 0.3 is 0 Å². The zero-order chi connectivity index (χ0) is 16.5. The lowest BCUT2D eigenvalue weighted by atomic mass is 9.89. The van der Waals surface area contributed by atoms with Crippen molar-refractivity contribution in [1.29, 1.82) is 0 Å². The lowest BCUT2D eigenvalue weighted by Gasteiger charge is -2.17. The molecule has 4 rings (SSSR count). The van der Waals surface area contributed by atoms with Crippen molar-refractivity contribution in [2.24, 2.45) is 5.92 Å². The Morgan fingerprint density at radius 3 is 2.96 bits per heavy atom. The first-order valence-electron chi connectivity index (χ1n) is 8.64. The van der Waals surface area contributed by atoms with Crippen molar-refractivity contribution in [3.63, 3.8) is 0 Å². The molecule has 0 radical (unpaired) electrons. The van der Waals surface area contributed by atoms with Crippen molar-refractivity contribution in [1.82, 2.24) is 15.0 Å². The number of fused-ring (bicyclic) bond motifs is 3. The quantitative estimate of drug-likeness (QED) is 0.729. The molecule has 5 heteroatoms. The van der Waals surface area contributed by atoms with Gasteiger partial charge in [0.05, 0.1) is 5.39 Å². The molecular formula is C19H21N3OS. The predicted octanol–water partition coefficient (Wildman–Crippen LogP) is 3.61. The Bertz CT molecular complexity index is 914. The largest absolute Gasteiger partial charge is 0.278 e. The van der Waals surface area contributed by atoms with E-state index in [4.69, 9.17) is 0 Å². The summed E-state index contributed by atoms with van der Waals surface area (Å²) in [6.45, 7) is 2.90. The number of aryl methyl sites for hydroxylation is 3. The van der Waals surface area contributed by atoms with E-state index in [0.29, 0.717) is 12.5 Å². The summed E-state index contributed by atoms with van der Waals surface area (Å²) >= 11 is 1.66. The van der Waals surface area contributed by atoms with Crippen molar-refractivity contribution in [3.8, 4) is 0 Å². The molecule has 1 aliphatic carbocycles. The lowest BCUT2D eigenvalue weighted by molar-refractivity contribution is 0.507. The van der Waals surface area contributed by atoms with E-state index in [0.717, 1.165) is 42.3 Å². The van der Waals surface area contributed by atoms with E-state index in [2.05, 4.69) is 29.4 Å². The Balaban J connectivity index is 1.58. The molecule has 1 aromatic carbocycles. The predicted molar refractivity (Wildman–Crippen MR) is 97.6 cm³/mol. The van der Waals surface area contributed by atoms with Gasteiger partial charge in [0, 0.05) is 11.4 Å². The number of benzene rings is 1. The van der Waals surface area contributed by atoms with Crippen molar-refractivity contribution in [2.45, 2.75) is 45.6 Å². The van der Waals surface area contributed by atoms with Crippen molar-refractivity contribution in [2.75, 3.05) is 0 Å². The van der Waals surface area contributed by atoms with Gasteiger partial charge in [-0.05, 0) is 49.1 Å². The van der Waals surface area contributed by atoms with Crippen LogP contribution < -0.4 is 5.56 Å². The Hall–Kier alpha value is -2.01. The number of hydrogen-bond donors (Lipinski definition) is 0. The molecule has 0 N–H and O–H groups in total. The molecule has 1 unspecified atom stereocenters. The van der Waals surface area contributed by atoms with Crippen molar-refractivity contribution < 1.29 is 0 Å². The summed E-state index contributed by atoms with van der Waals surface area (Å²) in [6, 6.07) is 10.4. The highest BCUT2D eigenvalue weighted by molar-refractivity contribution is 7.18. The minimum absolute atomic E-state index is 0.0418. The van der Waals surface area contributed by atoms with Crippen LogP contribution in [-0.2, 0) is 25.8 Å². The van der Waals surface area contributed by atoms with E-state index in [1.54, 1.807) is 16.0 Å². The van der Waals surface area contributed by atoms with Crippen LogP contribution in [0.15, 0.2) is 35.1 Å². The Labute approximate surface area is 145 Å². The molecule has 0 saturated carbocycles. The fraction of sp³-hybridized carbons (Fsp3) is 0.421. The van der Waals surface area contributed by atoms with E-state index < -0.39 is 0 Å². The molecule has 4 nitrogen and oxygen atoms in total. The van der Waals surface area contributed by atoms with Gasteiger partial charge in [0.15, 0.2) is 4.83 Å². The molecule has 124 valence electrons. The number of aromatic nitrogens is 3. The van der Waals surface area contributed by atoms with Crippen molar-refractivity contribution >= 4 is 21.6 Å². The third kappa shape index (κ3) is 2.88. The first-order chi connectivity index (χ1) is 11.7. The van der Waals surface area contributed by atoms with Gasteiger partial charge in [-0.25, -0.2) is 4.68 Å². The summed E-state index contributed by atoms with van der Waals surface area (Å²) in [4.78, 5) is 15.0. The summed E-state index contributed by atoms with van der Waals surface area (Å²) in [5.41, 5.74) is 2.58. The Morgan fingerprint density at radius 1 is 1.29 bits per heavy atom. The number of nitrogens with zero attached hydrogens (tertiary/aromatic N) is 3. The van der Waals surface area contributed by atoms with E-state index >= 15 is 0 Å².